The van der Waals surface area contributed by atoms with Crippen molar-refractivity contribution in [2.75, 3.05) is 25.5 Å². The van der Waals surface area contributed by atoms with Crippen LogP contribution in [0.2, 0.25) is 0 Å². The van der Waals surface area contributed by atoms with Crippen molar-refractivity contribution in [2.24, 2.45) is 5.92 Å². The normalized spacial score (nSPS) is 20.1. The summed E-state index contributed by atoms with van der Waals surface area (Å²) in [7, 11) is 3.63. The number of likely N-dealkylation sites (N-methyl/N-ethyl adjacent to an activating group) is 1. The number of carbonyl (C=O) groups is 2. The van der Waals surface area contributed by atoms with E-state index in [1.807, 2.05) is 36.2 Å². The Morgan fingerprint density at radius 3 is 2.58 bits per heavy atom. The monoisotopic (exact) mass is 495 g/mol. The fourth-order valence-electron chi connectivity index (χ4n) is 5.47. The quantitative estimate of drug-likeness (QED) is 0.570. The van der Waals surface area contributed by atoms with Crippen molar-refractivity contribution in [3.8, 4) is 0 Å². The zero-order valence-corrected chi connectivity index (χ0v) is 21.5. The topological polar surface area (TPSA) is 77.6 Å². The number of likely N-dealkylation sites (tertiary alicyclic amines) is 1. The number of halogens is 1. The molecule has 2 aliphatic rings. The first-order valence-electron chi connectivity index (χ1n) is 13.1. The van der Waals surface area contributed by atoms with E-state index >= 15 is 4.39 Å². The van der Waals surface area contributed by atoms with Crippen molar-refractivity contribution in [1.29, 1.82) is 0 Å². The number of nitrogens with one attached hydrogen (secondary N) is 2. The maximum absolute atomic E-state index is 15.2. The number of carbonyl (C=O) groups excluding carboxylic acids is 2. The highest BCUT2D eigenvalue weighted by atomic mass is 19.1. The van der Waals surface area contributed by atoms with Crippen LogP contribution in [-0.2, 0) is 9.59 Å². The van der Waals surface area contributed by atoms with Gasteiger partial charge in [-0.2, -0.15) is 0 Å². The molecule has 0 bridgehead atoms. The molecule has 2 N–H and O–H groups in total. The molecule has 0 spiro atoms. The van der Waals surface area contributed by atoms with Gasteiger partial charge in [0, 0.05) is 31.0 Å². The summed E-state index contributed by atoms with van der Waals surface area (Å²) in [5.74, 6) is 0.270. The van der Waals surface area contributed by atoms with Gasteiger partial charge < -0.3 is 20.4 Å². The Bertz CT molecular complexity index is 1040. The molecule has 2 amide bonds. The van der Waals surface area contributed by atoms with Crippen LogP contribution in [-0.4, -0.2) is 54.4 Å². The Balaban J connectivity index is 1.60. The van der Waals surface area contributed by atoms with Gasteiger partial charge in [0.2, 0.25) is 11.8 Å². The lowest BCUT2D eigenvalue weighted by molar-refractivity contribution is -0.139. The second-order valence-electron chi connectivity index (χ2n) is 10.0. The van der Waals surface area contributed by atoms with Crippen LogP contribution in [0.25, 0.3) is 0 Å². The van der Waals surface area contributed by atoms with E-state index in [0.717, 1.165) is 50.0 Å². The molecule has 1 aliphatic heterocycles. The lowest BCUT2D eigenvalue weighted by atomic mass is 9.83. The van der Waals surface area contributed by atoms with E-state index in [4.69, 9.17) is 0 Å². The molecule has 2 heterocycles. The van der Waals surface area contributed by atoms with Crippen molar-refractivity contribution in [3.05, 3.63) is 54.0 Å². The number of rotatable bonds is 8. The summed E-state index contributed by atoms with van der Waals surface area (Å²) in [5, 5.41) is 6.01. The highest BCUT2D eigenvalue weighted by Gasteiger charge is 2.39. The summed E-state index contributed by atoms with van der Waals surface area (Å²) in [5.41, 5.74) is 1.32. The van der Waals surface area contributed by atoms with Crippen LogP contribution >= 0.6 is 0 Å². The summed E-state index contributed by atoms with van der Waals surface area (Å²) in [6.07, 6.45) is 8.34. The van der Waals surface area contributed by atoms with E-state index in [1.165, 1.54) is 6.07 Å². The summed E-state index contributed by atoms with van der Waals surface area (Å²) in [6.45, 7) is 2.35. The van der Waals surface area contributed by atoms with Crippen LogP contribution in [0.5, 0.6) is 0 Å². The summed E-state index contributed by atoms with van der Waals surface area (Å²) < 4.78 is 15.2. The lowest BCUT2D eigenvalue weighted by Gasteiger charge is -2.35. The number of aromatic nitrogens is 1. The minimum absolute atomic E-state index is 0.0936. The van der Waals surface area contributed by atoms with Crippen LogP contribution < -0.4 is 15.5 Å². The molecule has 1 unspecified atom stereocenters. The molecule has 1 saturated carbocycles. The average molecular weight is 496 g/mol. The van der Waals surface area contributed by atoms with E-state index in [-0.39, 0.29) is 29.6 Å². The van der Waals surface area contributed by atoms with Gasteiger partial charge in [-0.3, -0.25) is 9.59 Å². The van der Waals surface area contributed by atoms with Crippen LogP contribution in [0.15, 0.2) is 42.6 Å². The third kappa shape index (κ3) is 5.69. The van der Waals surface area contributed by atoms with Crippen LogP contribution in [0.4, 0.5) is 15.9 Å². The van der Waals surface area contributed by atoms with Gasteiger partial charge in [0.15, 0.2) is 0 Å². The van der Waals surface area contributed by atoms with Crippen LogP contribution in [0, 0.1) is 11.7 Å². The van der Waals surface area contributed by atoms with Crippen molar-refractivity contribution >= 4 is 23.3 Å². The molecule has 1 saturated heterocycles. The molecule has 7 nitrogen and oxygen atoms in total. The zero-order chi connectivity index (χ0) is 25.7. The fourth-order valence-corrected chi connectivity index (χ4v) is 5.47. The maximum atomic E-state index is 15.2. The molecule has 2 fully saturated rings. The molecule has 1 aliphatic carbocycles. The average Bonchev–Trinajstić information content (AvgIpc) is 3.41. The largest absolute Gasteiger partial charge is 0.343 e. The molecule has 194 valence electrons. The van der Waals surface area contributed by atoms with Gasteiger partial charge in [-0.1, -0.05) is 25.3 Å². The smallest absolute Gasteiger partial charge is 0.245 e. The third-order valence-corrected chi connectivity index (χ3v) is 7.77. The van der Waals surface area contributed by atoms with Crippen molar-refractivity contribution in [3.63, 3.8) is 0 Å². The predicted molar refractivity (Wildman–Crippen MR) is 139 cm³/mol. The van der Waals surface area contributed by atoms with Gasteiger partial charge in [0.25, 0.3) is 0 Å². The molecule has 1 aromatic carbocycles. The molecule has 0 radical (unpaired) electrons. The maximum Gasteiger partial charge on any atom is 0.245 e. The molecule has 1 aromatic heterocycles. The van der Waals surface area contributed by atoms with Gasteiger partial charge in [-0.25, -0.2) is 9.37 Å². The van der Waals surface area contributed by atoms with E-state index in [2.05, 4.69) is 15.6 Å². The molecule has 3 atom stereocenters. The highest BCUT2D eigenvalue weighted by Crippen LogP contribution is 2.38. The molecule has 8 heteroatoms. The van der Waals surface area contributed by atoms with Gasteiger partial charge in [-0.05, 0) is 75.9 Å². The van der Waals surface area contributed by atoms with Crippen LogP contribution in [0.1, 0.15) is 63.5 Å². The van der Waals surface area contributed by atoms with Crippen LogP contribution in [0.3, 0.4) is 0 Å². The third-order valence-electron chi connectivity index (χ3n) is 7.77. The Hall–Kier alpha value is -3.00. The number of benzene rings is 1. The summed E-state index contributed by atoms with van der Waals surface area (Å²) in [6, 6.07) is 9.36. The van der Waals surface area contributed by atoms with E-state index in [1.54, 1.807) is 31.1 Å². The van der Waals surface area contributed by atoms with E-state index < -0.39 is 12.1 Å². The number of anilines is 2. The molecule has 36 heavy (non-hydrogen) atoms. The standard InChI is InChI=1S/C28H38FN5O2/c1-19(30-2)27(35)32-26(20-10-5-4-6-11-20)28(36)34-17-9-12-24(34)22-18-21(14-15-23(22)29)33(3)25-13-7-8-16-31-25/h7-8,13-16,18-20,24,26,30H,4-6,9-12,17H2,1-3H3,(H,32,35)/t19-,24?,26-/m0/s1. The Morgan fingerprint density at radius 1 is 1.11 bits per heavy atom. The lowest BCUT2D eigenvalue weighted by Crippen LogP contribution is -2.55. The first kappa shape index (κ1) is 26.1. The number of pyridine rings is 1. The van der Waals surface area contributed by atoms with E-state index in [0.29, 0.717) is 18.5 Å². The molecular formula is C28H38FN5O2. The summed E-state index contributed by atoms with van der Waals surface area (Å²) >= 11 is 0. The van der Waals surface area contributed by atoms with Crippen molar-refractivity contribution < 1.29 is 14.0 Å². The minimum Gasteiger partial charge on any atom is -0.343 e. The van der Waals surface area contributed by atoms with Gasteiger partial charge in [0.05, 0.1) is 12.1 Å². The number of hydrogen-bond donors (Lipinski definition) is 2. The second kappa shape index (κ2) is 11.8. The Kier molecular flexibility index (Phi) is 8.56. The van der Waals surface area contributed by atoms with Crippen molar-refractivity contribution in [2.45, 2.75) is 70.0 Å². The fraction of sp³-hybridized carbons (Fsp3) is 0.536. The van der Waals surface area contributed by atoms with E-state index in [9.17, 15) is 9.59 Å². The Morgan fingerprint density at radius 2 is 1.89 bits per heavy atom. The highest BCUT2D eigenvalue weighted by molar-refractivity contribution is 5.90. The molecular weight excluding hydrogens is 457 g/mol. The van der Waals surface area contributed by atoms with Crippen molar-refractivity contribution in [1.82, 2.24) is 20.5 Å². The van der Waals surface area contributed by atoms with Gasteiger partial charge in [-0.15, -0.1) is 0 Å². The predicted octanol–water partition coefficient (Wildman–Crippen LogP) is 4.33. The zero-order valence-electron chi connectivity index (χ0n) is 21.5. The minimum atomic E-state index is -0.586. The second-order valence-corrected chi connectivity index (χ2v) is 10.0. The number of amides is 2. The Labute approximate surface area is 213 Å². The van der Waals surface area contributed by atoms with Gasteiger partial charge >= 0.3 is 0 Å². The van der Waals surface area contributed by atoms with Gasteiger partial charge in [0.1, 0.15) is 17.7 Å². The number of nitrogens with zero attached hydrogens (tertiary/aromatic N) is 3. The summed E-state index contributed by atoms with van der Waals surface area (Å²) in [4.78, 5) is 34.9. The molecule has 4 rings (SSSR count). The SMILES string of the molecule is CN[C@@H](C)C(=O)N[C@H](C(=O)N1CCCC1c1cc(N(C)c2ccccn2)ccc1F)C1CCCCC1. The molecule has 2 aromatic rings. The number of hydrogen-bond acceptors (Lipinski definition) is 5. The first-order valence-corrected chi connectivity index (χ1v) is 13.1. The first-order chi connectivity index (χ1) is 17.4.